The Morgan fingerprint density at radius 3 is 2.94 bits per heavy atom. The van der Waals surface area contributed by atoms with Crippen molar-refractivity contribution in [2.24, 2.45) is 4.99 Å². The Balaban J connectivity index is 2.26. The largest absolute Gasteiger partial charge is 0.356 e. The highest BCUT2D eigenvalue weighted by molar-refractivity contribution is 5.79. The fraction of sp³-hybridized carbons (Fsp3) is 0.500. The summed E-state index contributed by atoms with van der Waals surface area (Å²) in [4.78, 5) is 8.14. The van der Waals surface area contributed by atoms with Crippen molar-refractivity contribution >= 4 is 5.96 Å². The number of guanidine groups is 1. The Hall–Kier alpha value is -1.85. The van der Waals surface area contributed by atoms with E-state index in [-0.39, 0.29) is 0 Å². The number of nitrogens with zero attached hydrogens (tertiary/aromatic N) is 3. The van der Waals surface area contributed by atoms with Gasteiger partial charge in [0.25, 0.3) is 0 Å². The molecule has 88 valence electrons. The maximum Gasteiger partial charge on any atom is 0.228 e. The highest BCUT2D eigenvalue weighted by Crippen LogP contribution is 1.95. The van der Waals surface area contributed by atoms with E-state index >= 15 is 0 Å². The SMILES string of the molecule is C=CCNC(=NC)NCCc1nc(C)no1. The molecule has 0 aromatic carbocycles. The molecule has 1 heterocycles. The van der Waals surface area contributed by atoms with Gasteiger partial charge in [-0.2, -0.15) is 4.98 Å². The molecule has 6 nitrogen and oxygen atoms in total. The summed E-state index contributed by atoms with van der Waals surface area (Å²) in [5.74, 6) is 2.02. The molecule has 6 heteroatoms. The van der Waals surface area contributed by atoms with Crippen molar-refractivity contribution in [2.45, 2.75) is 13.3 Å². The van der Waals surface area contributed by atoms with Crippen LogP contribution >= 0.6 is 0 Å². The van der Waals surface area contributed by atoms with E-state index in [1.165, 1.54) is 0 Å². The Bertz CT molecular complexity index is 358. The van der Waals surface area contributed by atoms with Crippen LogP contribution in [0.2, 0.25) is 0 Å². The third kappa shape index (κ3) is 4.12. The Morgan fingerprint density at radius 1 is 1.56 bits per heavy atom. The van der Waals surface area contributed by atoms with Crippen LogP contribution in [0.25, 0.3) is 0 Å². The van der Waals surface area contributed by atoms with Crippen molar-refractivity contribution in [2.75, 3.05) is 20.1 Å². The first-order valence-corrected chi connectivity index (χ1v) is 5.11. The summed E-state index contributed by atoms with van der Waals surface area (Å²) >= 11 is 0. The zero-order valence-corrected chi connectivity index (χ0v) is 9.66. The molecule has 0 spiro atoms. The number of aromatic nitrogens is 2. The molecule has 0 amide bonds. The van der Waals surface area contributed by atoms with Gasteiger partial charge in [-0.05, 0) is 6.92 Å². The van der Waals surface area contributed by atoms with Gasteiger partial charge >= 0.3 is 0 Å². The van der Waals surface area contributed by atoms with E-state index in [1.807, 2.05) is 0 Å². The monoisotopic (exact) mass is 223 g/mol. The van der Waals surface area contributed by atoms with Crippen LogP contribution in [0.15, 0.2) is 22.2 Å². The first kappa shape index (κ1) is 12.2. The van der Waals surface area contributed by atoms with Crippen molar-refractivity contribution in [3.8, 4) is 0 Å². The van der Waals surface area contributed by atoms with Gasteiger partial charge in [0, 0.05) is 26.6 Å². The van der Waals surface area contributed by atoms with E-state index in [9.17, 15) is 0 Å². The molecule has 2 N–H and O–H groups in total. The lowest BCUT2D eigenvalue weighted by Gasteiger charge is -2.08. The molecule has 0 aliphatic rings. The van der Waals surface area contributed by atoms with Gasteiger partial charge in [-0.15, -0.1) is 6.58 Å². The molecule has 1 aromatic rings. The smallest absolute Gasteiger partial charge is 0.228 e. The molecule has 0 aliphatic heterocycles. The molecule has 0 aliphatic carbocycles. The fourth-order valence-electron chi connectivity index (χ4n) is 1.12. The molecule has 0 radical (unpaired) electrons. The zero-order chi connectivity index (χ0) is 11.8. The second-order valence-electron chi connectivity index (χ2n) is 3.15. The van der Waals surface area contributed by atoms with Crippen LogP contribution in [0.3, 0.4) is 0 Å². The molecular formula is C10H17N5O. The summed E-state index contributed by atoms with van der Waals surface area (Å²) in [6.45, 7) is 6.79. The number of rotatable bonds is 5. The molecule has 0 saturated heterocycles. The maximum atomic E-state index is 4.98. The van der Waals surface area contributed by atoms with Crippen molar-refractivity contribution in [3.63, 3.8) is 0 Å². The van der Waals surface area contributed by atoms with Gasteiger partial charge < -0.3 is 15.2 Å². The Morgan fingerprint density at radius 2 is 2.38 bits per heavy atom. The third-order valence-electron chi connectivity index (χ3n) is 1.84. The lowest BCUT2D eigenvalue weighted by atomic mass is 10.4. The van der Waals surface area contributed by atoms with Gasteiger partial charge in [0.2, 0.25) is 5.89 Å². The van der Waals surface area contributed by atoms with Crippen molar-refractivity contribution in [1.82, 2.24) is 20.8 Å². The molecule has 0 bridgehead atoms. The maximum absolute atomic E-state index is 4.98. The number of hydrogen-bond acceptors (Lipinski definition) is 4. The molecule has 0 atom stereocenters. The predicted molar refractivity (Wildman–Crippen MR) is 62.3 cm³/mol. The van der Waals surface area contributed by atoms with Gasteiger partial charge in [0.15, 0.2) is 11.8 Å². The number of hydrogen-bond donors (Lipinski definition) is 2. The summed E-state index contributed by atoms with van der Waals surface area (Å²) in [6.07, 6.45) is 2.45. The first-order chi connectivity index (χ1) is 7.76. The lowest BCUT2D eigenvalue weighted by Crippen LogP contribution is -2.38. The summed E-state index contributed by atoms with van der Waals surface area (Å²) in [6, 6.07) is 0. The van der Waals surface area contributed by atoms with Crippen LogP contribution in [-0.2, 0) is 6.42 Å². The molecule has 0 unspecified atom stereocenters. The van der Waals surface area contributed by atoms with Gasteiger partial charge in [0.1, 0.15) is 0 Å². The molecular weight excluding hydrogens is 206 g/mol. The second-order valence-corrected chi connectivity index (χ2v) is 3.15. The van der Waals surface area contributed by atoms with E-state index in [0.29, 0.717) is 31.2 Å². The highest BCUT2D eigenvalue weighted by Gasteiger charge is 2.02. The molecule has 0 saturated carbocycles. The topological polar surface area (TPSA) is 75.3 Å². The van der Waals surface area contributed by atoms with Crippen LogP contribution in [0.1, 0.15) is 11.7 Å². The Labute approximate surface area is 94.8 Å². The van der Waals surface area contributed by atoms with Crippen LogP contribution < -0.4 is 10.6 Å². The van der Waals surface area contributed by atoms with Crippen molar-refractivity contribution in [3.05, 3.63) is 24.4 Å². The Kier molecular flexibility index (Phi) is 5.04. The summed E-state index contributed by atoms with van der Waals surface area (Å²) < 4.78 is 4.98. The van der Waals surface area contributed by atoms with Crippen LogP contribution in [0.4, 0.5) is 0 Å². The van der Waals surface area contributed by atoms with Crippen LogP contribution in [0.5, 0.6) is 0 Å². The van der Waals surface area contributed by atoms with Crippen molar-refractivity contribution in [1.29, 1.82) is 0 Å². The predicted octanol–water partition coefficient (Wildman–Crippen LogP) is 0.272. The quantitative estimate of drug-likeness (QED) is 0.426. The number of aliphatic imine (C=N–C) groups is 1. The summed E-state index contributed by atoms with van der Waals surface area (Å²) in [5, 5.41) is 9.90. The normalized spacial score (nSPS) is 11.2. The van der Waals surface area contributed by atoms with Gasteiger partial charge in [-0.25, -0.2) is 0 Å². The van der Waals surface area contributed by atoms with E-state index in [4.69, 9.17) is 4.52 Å². The lowest BCUT2D eigenvalue weighted by molar-refractivity contribution is 0.374. The number of aryl methyl sites for hydroxylation is 1. The van der Waals surface area contributed by atoms with Crippen LogP contribution in [-0.4, -0.2) is 36.2 Å². The highest BCUT2D eigenvalue weighted by atomic mass is 16.5. The average molecular weight is 223 g/mol. The minimum atomic E-state index is 0.629. The van der Waals surface area contributed by atoms with Gasteiger partial charge in [0.05, 0.1) is 0 Å². The van der Waals surface area contributed by atoms with Crippen molar-refractivity contribution < 1.29 is 4.52 Å². The standard InChI is InChI=1S/C10H17N5O/c1-4-6-12-10(11-3)13-7-5-9-14-8(2)15-16-9/h4H,1,5-7H2,2-3H3,(H2,11,12,13). The molecule has 1 rings (SSSR count). The minimum Gasteiger partial charge on any atom is -0.356 e. The second kappa shape index (κ2) is 6.60. The van der Waals surface area contributed by atoms with E-state index in [0.717, 1.165) is 5.96 Å². The van der Waals surface area contributed by atoms with E-state index in [2.05, 4.69) is 32.3 Å². The summed E-state index contributed by atoms with van der Waals surface area (Å²) in [5.41, 5.74) is 0. The fourth-order valence-corrected chi connectivity index (χ4v) is 1.12. The number of nitrogens with one attached hydrogen (secondary N) is 2. The van der Waals surface area contributed by atoms with Crippen LogP contribution in [0, 0.1) is 6.92 Å². The van der Waals surface area contributed by atoms with Gasteiger partial charge in [-0.3, -0.25) is 4.99 Å². The molecule has 1 aromatic heterocycles. The average Bonchev–Trinajstić information content (AvgIpc) is 2.69. The van der Waals surface area contributed by atoms with E-state index < -0.39 is 0 Å². The van der Waals surface area contributed by atoms with Gasteiger partial charge in [-0.1, -0.05) is 11.2 Å². The molecule has 16 heavy (non-hydrogen) atoms. The third-order valence-corrected chi connectivity index (χ3v) is 1.84. The molecule has 0 fully saturated rings. The van der Waals surface area contributed by atoms with E-state index in [1.54, 1.807) is 20.0 Å². The first-order valence-electron chi connectivity index (χ1n) is 5.11. The summed E-state index contributed by atoms with van der Waals surface area (Å²) in [7, 11) is 1.72. The zero-order valence-electron chi connectivity index (χ0n) is 9.66. The minimum absolute atomic E-state index is 0.629.